The predicted octanol–water partition coefficient (Wildman–Crippen LogP) is 2.66. The number of ether oxygens (including phenoxy) is 2. The summed E-state index contributed by atoms with van der Waals surface area (Å²) in [5, 5.41) is 0. The molecule has 1 aromatic carbocycles. The molecule has 0 saturated heterocycles. The number of nitrogens with zero attached hydrogens (tertiary/aromatic N) is 2. The van der Waals surface area contributed by atoms with Gasteiger partial charge in [0.15, 0.2) is 0 Å². The number of rotatable bonds is 6. The molecule has 0 aliphatic rings. The highest BCUT2D eigenvalue weighted by atomic mass is 19.1. The fraction of sp³-hybridized carbons (Fsp3) is 0.250. The minimum atomic E-state index is -0.687. The van der Waals surface area contributed by atoms with Crippen molar-refractivity contribution in [2.75, 3.05) is 32.3 Å². The Balaban J connectivity index is 2.19. The number of methoxy groups -OCH3 is 1. The van der Waals surface area contributed by atoms with Gasteiger partial charge in [-0.1, -0.05) is 0 Å². The van der Waals surface area contributed by atoms with Crippen LogP contribution in [0.15, 0.2) is 36.5 Å². The predicted molar refractivity (Wildman–Crippen MR) is 80.7 cm³/mol. The van der Waals surface area contributed by atoms with Crippen molar-refractivity contribution in [1.29, 1.82) is 0 Å². The molecule has 5 nitrogen and oxygen atoms in total. The van der Waals surface area contributed by atoms with Gasteiger partial charge < -0.3 is 14.4 Å². The van der Waals surface area contributed by atoms with Gasteiger partial charge in [0.1, 0.15) is 18.2 Å². The van der Waals surface area contributed by atoms with Gasteiger partial charge in [-0.2, -0.15) is 0 Å². The Morgan fingerprint density at radius 1 is 1.22 bits per heavy atom. The summed E-state index contributed by atoms with van der Waals surface area (Å²) < 4.78 is 37.2. The lowest BCUT2D eigenvalue weighted by molar-refractivity contribution is 0.0991. The van der Waals surface area contributed by atoms with Crippen LogP contribution in [-0.4, -0.2) is 38.3 Å². The zero-order valence-corrected chi connectivity index (χ0v) is 12.8. The Bertz CT molecular complexity index is 695. The van der Waals surface area contributed by atoms with E-state index in [-0.39, 0.29) is 23.7 Å². The number of carbonyl (C=O) groups is 1. The molecule has 0 unspecified atom stereocenters. The highest BCUT2D eigenvalue weighted by molar-refractivity contribution is 6.05. The highest BCUT2D eigenvalue weighted by Gasteiger charge is 2.18. The molecule has 7 heteroatoms. The lowest BCUT2D eigenvalue weighted by atomic mass is 10.2. The molecule has 2 aromatic rings. The smallest absolute Gasteiger partial charge is 0.258 e. The third-order valence-electron chi connectivity index (χ3n) is 3.09. The largest absolute Gasteiger partial charge is 0.475 e. The van der Waals surface area contributed by atoms with Crippen molar-refractivity contribution >= 4 is 11.6 Å². The van der Waals surface area contributed by atoms with Gasteiger partial charge in [-0.25, -0.2) is 13.8 Å². The first kappa shape index (κ1) is 16.8. The maximum absolute atomic E-state index is 13.8. The molecular formula is C16H16F2N2O3. The summed E-state index contributed by atoms with van der Waals surface area (Å²) in [6, 6.07) is 5.83. The molecule has 2 rings (SSSR count). The SMILES string of the molecule is COCCOc1cc(C(=O)N(C)c2cc(F)ccc2F)ccn1. The van der Waals surface area contributed by atoms with Crippen LogP contribution in [0.25, 0.3) is 0 Å². The number of carbonyl (C=O) groups excluding carboxylic acids is 1. The van der Waals surface area contributed by atoms with Gasteiger partial charge in [0, 0.05) is 38.1 Å². The maximum atomic E-state index is 13.8. The molecule has 23 heavy (non-hydrogen) atoms. The standard InChI is InChI=1S/C16H16F2N2O3/c1-20(14-10-12(17)3-4-13(14)18)16(21)11-5-6-19-15(9-11)23-8-7-22-2/h3-6,9-10H,7-8H2,1-2H3. The van der Waals surface area contributed by atoms with E-state index in [4.69, 9.17) is 9.47 Å². The van der Waals surface area contributed by atoms with Gasteiger partial charge in [0.2, 0.25) is 5.88 Å². The molecule has 1 aromatic heterocycles. The van der Waals surface area contributed by atoms with Crippen LogP contribution >= 0.6 is 0 Å². The van der Waals surface area contributed by atoms with E-state index in [2.05, 4.69) is 4.98 Å². The molecule has 0 saturated carbocycles. The molecule has 0 bridgehead atoms. The number of hydrogen-bond acceptors (Lipinski definition) is 4. The number of benzene rings is 1. The van der Waals surface area contributed by atoms with Crippen molar-refractivity contribution in [2.24, 2.45) is 0 Å². The van der Waals surface area contributed by atoms with Crippen LogP contribution < -0.4 is 9.64 Å². The first-order chi connectivity index (χ1) is 11.0. The van der Waals surface area contributed by atoms with Crippen molar-refractivity contribution in [3.63, 3.8) is 0 Å². The summed E-state index contributed by atoms with van der Waals surface area (Å²) in [5.74, 6) is -1.57. The van der Waals surface area contributed by atoms with Crippen molar-refractivity contribution in [1.82, 2.24) is 4.98 Å². The topological polar surface area (TPSA) is 51.7 Å². The number of pyridine rings is 1. The van der Waals surface area contributed by atoms with E-state index in [1.807, 2.05) is 0 Å². The third kappa shape index (κ3) is 4.23. The summed E-state index contributed by atoms with van der Waals surface area (Å²) in [7, 11) is 2.91. The van der Waals surface area contributed by atoms with Gasteiger partial charge in [-0.05, 0) is 18.2 Å². The van der Waals surface area contributed by atoms with E-state index in [1.165, 1.54) is 25.4 Å². The normalized spacial score (nSPS) is 10.4. The Kier molecular flexibility index (Phi) is 5.59. The van der Waals surface area contributed by atoms with E-state index in [0.29, 0.717) is 6.61 Å². The zero-order valence-electron chi connectivity index (χ0n) is 12.8. The number of aromatic nitrogens is 1. The highest BCUT2D eigenvalue weighted by Crippen LogP contribution is 2.22. The van der Waals surface area contributed by atoms with E-state index < -0.39 is 17.5 Å². The Morgan fingerprint density at radius 2 is 2.00 bits per heavy atom. The van der Waals surface area contributed by atoms with E-state index in [9.17, 15) is 13.6 Å². The molecule has 0 atom stereocenters. The maximum Gasteiger partial charge on any atom is 0.258 e. The average molecular weight is 322 g/mol. The Labute approximate surface area is 132 Å². The van der Waals surface area contributed by atoms with Crippen molar-refractivity contribution < 1.29 is 23.0 Å². The summed E-state index contributed by atoms with van der Waals surface area (Å²) in [6.45, 7) is 0.670. The van der Waals surface area contributed by atoms with Gasteiger partial charge in [0.05, 0.1) is 12.3 Å². The van der Waals surface area contributed by atoms with Crippen LogP contribution in [0.3, 0.4) is 0 Å². The first-order valence-corrected chi connectivity index (χ1v) is 6.84. The van der Waals surface area contributed by atoms with Gasteiger partial charge in [-0.3, -0.25) is 4.79 Å². The van der Waals surface area contributed by atoms with E-state index in [0.717, 1.165) is 23.1 Å². The summed E-state index contributed by atoms with van der Waals surface area (Å²) in [5.41, 5.74) is 0.104. The van der Waals surface area contributed by atoms with E-state index >= 15 is 0 Å². The van der Waals surface area contributed by atoms with Crippen LogP contribution in [-0.2, 0) is 4.74 Å². The molecule has 1 amide bonds. The molecule has 0 aliphatic heterocycles. The Hall–Kier alpha value is -2.54. The monoisotopic (exact) mass is 322 g/mol. The minimum Gasteiger partial charge on any atom is -0.475 e. The van der Waals surface area contributed by atoms with Gasteiger partial charge >= 0.3 is 0 Å². The molecule has 0 radical (unpaired) electrons. The minimum absolute atomic E-state index is 0.145. The quantitative estimate of drug-likeness (QED) is 0.767. The van der Waals surface area contributed by atoms with Crippen molar-refractivity contribution in [3.05, 3.63) is 53.7 Å². The summed E-state index contributed by atoms with van der Waals surface area (Å²) in [6.07, 6.45) is 1.41. The molecule has 0 fully saturated rings. The Morgan fingerprint density at radius 3 is 2.74 bits per heavy atom. The summed E-state index contributed by atoms with van der Waals surface area (Å²) >= 11 is 0. The third-order valence-corrected chi connectivity index (χ3v) is 3.09. The van der Waals surface area contributed by atoms with Crippen LogP contribution in [0, 0.1) is 11.6 Å². The van der Waals surface area contributed by atoms with Crippen molar-refractivity contribution in [2.45, 2.75) is 0 Å². The van der Waals surface area contributed by atoms with Crippen LogP contribution in [0.1, 0.15) is 10.4 Å². The number of halogens is 2. The fourth-order valence-corrected chi connectivity index (χ4v) is 1.90. The number of amides is 1. The van der Waals surface area contributed by atoms with Crippen LogP contribution in [0.4, 0.5) is 14.5 Å². The average Bonchev–Trinajstić information content (AvgIpc) is 2.56. The zero-order chi connectivity index (χ0) is 16.8. The number of hydrogen-bond donors (Lipinski definition) is 0. The van der Waals surface area contributed by atoms with E-state index in [1.54, 1.807) is 7.11 Å². The molecular weight excluding hydrogens is 306 g/mol. The lowest BCUT2D eigenvalue weighted by Gasteiger charge is -2.18. The molecule has 0 N–H and O–H groups in total. The molecule has 122 valence electrons. The second-order valence-electron chi connectivity index (χ2n) is 4.68. The molecule has 0 spiro atoms. The first-order valence-electron chi connectivity index (χ1n) is 6.84. The van der Waals surface area contributed by atoms with Crippen LogP contribution in [0.2, 0.25) is 0 Å². The van der Waals surface area contributed by atoms with Gasteiger partial charge in [0.25, 0.3) is 5.91 Å². The summed E-state index contributed by atoms with van der Waals surface area (Å²) in [4.78, 5) is 17.4. The van der Waals surface area contributed by atoms with Crippen molar-refractivity contribution in [3.8, 4) is 5.88 Å². The van der Waals surface area contributed by atoms with Gasteiger partial charge in [-0.15, -0.1) is 0 Å². The lowest BCUT2D eigenvalue weighted by Crippen LogP contribution is -2.27. The molecule has 0 aliphatic carbocycles. The van der Waals surface area contributed by atoms with Crippen LogP contribution in [0.5, 0.6) is 5.88 Å². The second kappa shape index (κ2) is 7.64. The number of anilines is 1. The second-order valence-corrected chi connectivity index (χ2v) is 4.68. The fourth-order valence-electron chi connectivity index (χ4n) is 1.90. The molecule has 1 heterocycles.